The summed E-state index contributed by atoms with van der Waals surface area (Å²) in [5, 5.41) is 0. The summed E-state index contributed by atoms with van der Waals surface area (Å²) in [6.45, 7) is 4.93. The third-order valence-electron chi connectivity index (χ3n) is 6.06. The number of rotatable bonds is 9. The lowest BCUT2D eigenvalue weighted by Crippen LogP contribution is -2.37. The second kappa shape index (κ2) is 11.0. The number of amides is 1. The van der Waals surface area contributed by atoms with Gasteiger partial charge in [-0.2, -0.15) is 0 Å². The molecule has 1 fully saturated rings. The van der Waals surface area contributed by atoms with Gasteiger partial charge in [0.05, 0.1) is 18.9 Å². The molecule has 1 aliphatic heterocycles. The quantitative estimate of drug-likeness (QED) is 0.423. The Hall–Kier alpha value is -3.61. The number of benzene rings is 2. The van der Waals surface area contributed by atoms with Crippen molar-refractivity contribution in [1.82, 2.24) is 9.88 Å². The van der Waals surface area contributed by atoms with Gasteiger partial charge >= 0.3 is 6.09 Å². The fraction of sp³-hybridized carbons (Fsp3) is 0.370. The van der Waals surface area contributed by atoms with Crippen LogP contribution < -0.4 is 4.74 Å². The zero-order chi connectivity index (χ0) is 23.9. The molecule has 7 nitrogen and oxygen atoms in total. The summed E-state index contributed by atoms with van der Waals surface area (Å²) in [6.07, 6.45) is 2.55. The highest BCUT2D eigenvalue weighted by molar-refractivity contribution is 5.70. The molecule has 2 heterocycles. The molecule has 1 aromatic heterocycles. The van der Waals surface area contributed by atoms with Gasteiger partial charge in [-0.1, -0.05) is 30.3 Å². The molecule has 0 saturated carbocycles. The Morgan fingerprint density at radius 1 is 1.18 bits per heavy atom. The van der Waals surface area contributed by atoms with Crippen molar-refractivity contribution in [2.45, 2.75) is 39.2 Å². The van der Waals surface area contributed by atoms with Gasteiger partial charge in [-0.05, 0) is 56.5 Å². The molecule has 0 bridgehead atoms. The Balaban J connectivity index is 1.31. The summed E-state index contributed by atoms with van der Waals surface area (Å²) in [4.78, 5) is 29.8. The van der Waals surface area contributed by atoms with Crippen LogP contribution in [0, 0.1) is 12.8 Å². The number of carbonyl (C=O) groups is 2. The predicted molar refractivity (Wildman–Crippen MR) is 128 cm³/mol. The lowest BCUT2D eigenvalue weighted by molar-refractivity contribution is -0.110. The summed E-state index contributed by atoms with van der Waals surface area (Å²) in [5.74, 6) is 2.05. The standard InChI is InChI=1S/C27H30N2O5/c1-3-32-27(31)29-17-21(18-30)16-23(29)15-20-9-11-24(12-10-20)33-14-13-25-19(2)34-26(28-25)22-7-5-4-6-8-22/h4-12,18,21,23H,3,13-17H2,1-2H3/t21-,23-/m0/s1. The smallest absolute Gasteiger partial charge is 0.410 e. The fourth-order valence-corrected chi connectivity index (χ4v) is 4.30. The van der Waals surface area contributed by atoms with E-state index in [-0.39, 0.29) is 18.1 Å². The first-order valence-corrected chi connectivity index (χ1v) is 11.7. The van der Waals surface area contributed by atoms with Crippen LogP contribution in [0.4, 0.5) is 4.79 Å². The highest BCUT2D eigenvalue weighted by atomic mass is 16.6. The van der Waals surface area contributed by atoms with Crippen LogP contribution in [0.15, 0.2) is 59.0 Å². The molecule has 1 aliphatic rings. The Kier molecular flexibility index (Phi) is 7.62. The third-order valence-corrected chi connectivity index (χ3v) is 6.06. The molecule has 4 rings (SSSR count). The minimum absolute atomic E-state index is 0.0463. The second-order valence-electron chi connectivity index (χ2n) is 8.47. The van der Waals surface area contributed by atoms with Crippen LogP contribution in [0.25, 0.3) is 11.5 Å². The lowest BCUT2D eigenvalue weighted by Gasteiger charge is -2.23. The van der Waals surface area contributed by atoms with Crippen LogP contribution in [0.1, 0.15) is 30.4 Å². The van der Waals surface area contributed by atoms with Crippen LogP contribution in [0.2, 0.25) is 0 Å². The Bertz CT molecular complexity index is 1090. The predicted octanol–water partition coefficient (Wildman–Crippen LogP) is 4.86. The van der Waals surface area contributed by atoms with Gasteiger partial charge in [0.15, 0.2) is 0 Å². The van der Waals surface area contributed by atoms with Crippen molar-refractivity contribution in [1.29, 1.82) is 0 Å². The van der Waals surface area contributed by atoms with Crippen LogP contribution in [0.3, 0.4) is 0 Å². The highest BCUT2D eigenvalue weighted by Crippen LogP contribution is 2.27. The van der Waals surface area contributed by atoms with Crippen molar-refractivity contribution in [2.75, 3.05) is 19.8 Å². The average molecular weight is 463 g/mol. The topological polar surface area (TPSA) is 81.9 Å². The van der Waals surface area contributed by atoms with E-state index in [1.54, 1.807) is 11.8 Å². The van der Waals surface area contributed by atoms with E-state index in [0.717, 1.165) is 34.6 Å². The van der Waals surface area contributed by atoms with E-state index in [9.17, 15) is 9.59 Å². The van der Waals surface area contributed by atoms with Crippen molar-refractivity contribution >= 4 is 12.4 Å². The molecule has 0 spiro atoms. The number of aldehydes is 1. The van der Waals surface area contributed by atoms with Crippen molar-refractivity contribution < 1.29 is 23.5 Å². The molecule has 3 aromatic rings. The van der Waals surface area contributed by atoms with E-state index in [0.29, 0.717) is 44.9 Å². The molecule has 1 saturated heterocycles. The van der Waals surface area contributed by atoms with E-state index >= 15 is 0 Å². The summed E-state index contributed by atoms with van der Waals surface area (Å²) in [5.41, 5.74) is 2.93. The first-order valence-electron chi connectivity index (χ1n) is 11.7. The van der Waals surface area contributed by atoms with Gasteiger partial charge in [0, 0.05) is 30.5 Å². The second-order valence-corrected chi connectivity index (χ2v) is 8.47. The maximum Gasteiger partial charge on any atom is 0.410 e. The molecular weight excluding hydrogens is 432 g/mol. The van der Waals surface area contributed by atoms with Gasteiger partial charge < -0.3 is 23.6 Å². The summed E-state index contributed by atoms with van der Waals surface area (Å²) in [7, 11) is 0. The summed E-state index contributed by atoms with van der Waals surface area (Å²) < 4.78 is 16.9. The summed E-state index contributed by atoms with van der Waals surface area (Å²) in [6, 6.07) is 17.7. The number of nitrogens with zero attached hydrogens (tertiary/aromatic N) is 2. The van der Waals surface area contributed by atoms with Crippen molar-refractivity contribution in [3.8, 4) is 17.2 Å². The van der Waals surface area contributed by atoms with E-state index in [1.165, 1.54) is 0 Å². The van der Waals surface area contributed by atoms with E-state index < -0.39 is 0 Å². The third kappa shape index (κ3) is 5.65. The van der Waals surface area contributed by atoms with Gasteiger partial charge in [-0.15, -0.1) is 0 Å². The Morgan fingerprint density at radius 3 is 2.65 bits per heavy atom. The van der Waals surface area contributed by atoms with Crippen LogP contribution >= 0.6 is 0 Å². The maximum atomic E-state index is 12.3. The van der Waals surface area contributed by atoms with Gasteiger partial charge in [-0.3, -0.25) is 0 Å². The van der Waals surface area contributed by atoms with Crippen LogP contribution in [-0.4, -0.2) is 48.1 Å². The number of ether oxygens (including phenoxy) is 2. The molecule has 2 aromatic carbocycles. The zero-order valence-corrected chi connectivity index (χ0v) is 19.6. The largest absolute Gasteiger partial charge is 0.493 e. The number of oxazole rings is 1. The van der Waals surface area contributed by atoms with E-state index in [4.69, 9.17) is 13.9 Å². The number of aryl methyl sites for hydroxylation is 1. The number of hydrogen-bond donors (Lipinski definition) is 0. The molecule has 0 radical (unpaired) electrons. The fourth-order valence-electron chi connectivity index (χ4n) is 4.30. The minimum Gasteiger partial charge on any atom is -0.493 e. The first kappa shape index (κ1) is 23.5. The normalized spacial score (nSPS) is 17.5. The molecule has 178 valence electrons. The number of hydrogen-bond acceptors (Lipinski definition) is 6. The molecular formula is C27H30N2O5. The number of aromatic nitrogens is 1. The Morgan fingerprint density at radius 2 is 1.94 bits per heavy atom. The molecule has 0 unspecified atom stereocenters. The van der Waals surface area contributed by atoms with Crippen LogP contribution in [0.5, 0.6) is 5.75 Å². The lowest BCUT2D eigenvalue weighted by atomic mass is 10.0. The first-order chi connectivity index (χ1) is 16.6. The molecule has 0 aliphatic carbocycles. The molecule has 2 atom stereocenters. The van der Waals surface area contributed by atoms with Gasteiger partial charge in [0.25, 0.3) is 0 Å². The zero-order valence-electron chi connectivity index (χ0n) is 19.6. The maximum absolute atomic E-state index is 12.3. The average Bonchev–Trinajstić information content (AvgIpc) is 3.44. The Labute approximate surface area is 199 Å². The molecule has 34 heavy (non-hydrogen) atoms. The molecule has 0 N–H and O–H groups in total. The van der Waals surface area contributed by atoms with Crippen molar-refractivity contribution in [2.24, 2.45) is 5.92 Å². The summed E-state index contributed by atoms with van der Waals surface area (Å²) >= 11 is 0. The van der Waals surface area contributed by atoms with Gasteiger partial charge in [0.2, 0.25) is 5.89 Å². The van der Waals surface area contributed by atoms with Gasteiger partial charge in [0.1, 0.15) is 17.8 Å². The minimum atomic E-state index is -0.352. The van der Waals surface area contributed by atoms with Crippen LogP contribution in [-0.2, 0) is 22.4 Å². The number of likely N-dealkylation sites (tertiary alicyclic amines) is 1. The van der Waals surface area contributed by atoms with E-state index in [1.807, 2.05) is 61.5 Å². The SMILES string of the molecule is CCOC(=O)N1C[C@@H](C=O)C[C@@H]1Cc1ccc(OCCc2nc(-c3ccccc3)oc2C)cc1. The van der Waals surface area contributed by atoms with Crippen molar-refractivity contribution in [3.05, 3.63) is 71.6 Å². The molecule has 1 amide bonds. The molecule has 7 heteroatoms. The van der Waals surface area contributed by atoms with Crippen molar-refractivity contribution in [3.63, 3.8) is 0 Å². The van der Waals surface area contributed by atoms with E-state index in [2.05, 4.69) is 4.98 Å². The van der Waals surface area contributed by atoms with Gasteiger partial charge in [-0.25, -0.2) is 9.78 Å². The number of carbonyl (C=O) groups excluding carboxylic acids is 2. The monoisotopic (exact) mass is 462 g/mol. The highest BCUT2D eigenvalue weighted by Gasteiger charge is 2.35.